The Morgan fingerprint density at radius 1 is 1.05 bits per heavy atom. The van der Waals surface area contributed by atoms with Crippen molar-refractivity contribution >= 4 is 17.8 Å². The minimum atomic E-state index is -0.299. The van der Waals surface area contributed by atoms with Crippen molar-refractivity contribution < 1.29 is 23.5 Å². The van der Waals surface area contributed by atoms with Gasteiger partial charge in [0.15, 0.2) is 5.82 Å². The lowest BCUT2D eigenvalue weighted by atomic mass is 10.1. The Morgan fingerprint density at radius 2 is 1.84 bits per heavy atom. The summed E-state index contributed by atoms with van der Waals surface area (Å²) in [7, 11) is 3.21. The van der Waals surface area contributed by atoms with Gasteiger partial charge in [-0.15, -0.1) is 10.2 Å². The molecule has 1 N–H and O–H groups in total. The first-order chi connectivity index (χ1) is 18.4. The van der Waals surface area contributed by atoms with E-state index in [1.54, 1.807) is 37.5 Å². The number of piperazine rings is 1. The fraction of sp³-hybridized carbons (Fsp3) is 0.407. The predicted molar refractivity (Wildman–Crippen MR) is 142 cm³/mol. The fourth-order valence-electron chi connectivity index (χ4n) is 4.22. The number of ether oxygens (including phenoxy) is 2. The Balaban J connectivity index is 1.35. The van der Waals surface area contributed by atoms with Crippen molar-refractivity contribution in [3.8, 4) is 22.8 Å². The van der Waals surface area contributed by atoms with Crippen LogP contribution in [0.2, 0.25) is 0 Å². The third-order valence-corrected chi connectivity index (χ3v) is 6.24. The number of rotatable bonds is 9. The van der Waals surface area contributed by atoms with Crippen LogP contribution in [0.5, 0.6) is 11.5 Å². The number of furan rings is 1. The molecular weight excluding hydrogens is 488 g/mol. The molecule has 0 saturated carbocycles. The zero-order valence-corrected chi connectivity index (χ0v) is 22.2. The highest BCUT2D eigenvalue weighted by atomic mass is 16.5. The second kappa shape index (κ2) is 12.3. The summed E-state index contributed by atoms with van der Waals surface area (Å²) in [6, 6.07) is 12.6. The van der Waals surface area contributed by atoms with E-state index in [9.17, 15) is 9.59 Å². The van der Waals surface area contributed by atoms with Crippen molar-refractivity contribution in [1.29, 1.82) is 0 Å². The number of aromatic nitrogens is 2. The van der Waals surface area contributed by atoms with Crippen molar-refractivity contribution in [1.82, 2.24) is 25.3 Å². The van der Waals surface area contributed by atoms with Gasteiger partial charge in [-0.2, -0.15) is 0 Å². The van der Waals surface area contributed by atoms with E-state index in [4.69, 9.17) is 13.9 Å². The first kappa shape index (κ1) is 26.8. The van der Waals surface area contributed by atoms with Gasteiger partial charge in [-0.05, 0) is 50.2 Å². The van der Waals surface area contributed by atoms with Crippen LogP contribution in [0.3, 0.4) is 0 Å². The molecule has 202 valence electrons. The molecule has 0 bridgehead atoms. The summed E-state index contributed by atoms with van der Waals surface area (Å²) in [6.45, 7) is 6.23. The number of amides is 3. The normalized spacial score (nSPS) is 13.4. The topological polar surface area (TPSA) is 113 Å². The average Bonchev–Trinajstić information content (AvgIpc) is 3.45. The Hall–Kier alpha value is -4.28. The van der Waals surface area contributed by atoms with Crippen molar-refractivity contribution in [2.75, 3.05) is 51.8 Å². The highest BCUT2D eigenvalue weighted by molar-refractivity contribution is 5.84. The van der Waals surface area contributed by atoms with E-state index in [0.717, 1.165) is 11.4 Å². The zero-order chi connectivity index (χ0) is 27.1. The van der Waals surface area contributed by atoms with Crippen LogP contribution in [-0.2, 0) is 11.3 Å². The number of methoxy groups -OCH3 is 2. The molecule has 0 aliphatic carbocycles. The van der Waals surface area contributed by atoms with Crippen LogP contribution in [0.25, 0.3) is 11.3 Å². The van der Waals surface area contributed by atoms with Crippen LogP contribution < -0.4 is 19.7 Å². The molecule has 3 amide bonds. The highest BCUT2D eigenvalue weighted by Gasteiger charge is 2.26. The second-order valence-electron chi connectivity index (χ2n) is 9.25. The summed E-state index contributed by atoms with van der Waals surface area (Å²) in [5, 5.41) is 11.7. The van der Waals surface area contributed by atoms with Crippen molar-refractivity contribution in [2.45, 2.75) is 26.4 Å². The van der Waals surface area contributed by atoms with Gasteiger partial charge in [0.25, 0.3) is 0 Å². The maximum Gasteiger partial charge on any atom is 0.318 e. The van der Waals surface area contributed by atoms with Crippen LogP contribution in [0.1, 0.15) is 19.6 Å². The third-order valence-electron chi connectivity index (χ3n) is 6.24. The number of carbonyl (C=O) groups is 2. The quantitative estimate of drug-likeness (QED) is 0.456. The van der Waals surface area contributed by atoms with Crippen LogP contribution in [0.4, 0.5) is 10.6 Å². The summed E-state index contributed by atoms with van der Waals surface area (Å²) in [5.74, 6) is 2.61. The Morgan fingerprint density at radius 3 is 2.45 bits per heavy atom. The Labute approximate surface area is 222 Å². The van der Waals surface area contributed by atoms with E-state index < -0.39 is 0 Å². The molecule has 3 aromatic rings. The molecule has 11 nitrogen and oxygen atoms in total. The van der Waals surface area contributed by atoms with E-state index in [-0.39, 0.29) is 31.1 Å². The van der Waals surface area contributed by atoms with Gasteiger partial charge in [0.2, 0.25) is 5.91 Å². The van der Waals surface area contributed by atoms with Crippen molar-refractivity contribution in [2.24, 2.45) is 0 Å². The summed E-state index contributed by atoms with van der Waals surface area (Å²) < 4.78 is 16.1. The number of urea groups is 1. The molecule has 0 unspecified atom stereocenters. The molecule has 0 spiro atoms. The number of hydrogen-bond donors (Lipinski definition) is 1. The summed E-state index contributed by atoms with van der Waals surface area (Å²) in [4.78, 5) is 31.1. The number of nitrogens with zero attached hydrogens (tertiary/aromatic N) is 5. The van der Waals surface area contributed by atoms with Crippen LogP contribution in [0.15, 0.2) is 53.1 Å². The van der Waals surface area contributed by atoms with Gasteiger partial charge in [-0.3, -0.25) is 4.79 Å². The third kappa shape index (κ3) is 6.53. The molecule has 1 aliphatic rings. The minimum Gasteiger partial charge on any atom is -0.497 e. The summed E-state index contributed by atoms with van der Waals surface area (Å²) >= 11 is 0. The monoisotopic (exact) mass is 522 g/mol. The Kier molecular flexibility index (Phi) is 8.67. The first-order valence-corrected chi connectivity index (χ1v) is 12.5. The van der Waals surface area contributed by atoms with Gasteiger partial charge in [0, 0.05) is 43.9 Å². The maximum absolute atomic E-state index is 13.1. The van der Waals surface area contributed by atoms with Gasteiger partial charge in [0.1, 0.15) is 23.8 Å². The number of benzene rings is 1. The summed E-state index contributed by atoms with van der Waals surface area (Å²) in [5.41, 5.74) is 1.52. The van der Waals surface area contributed by atoms with E-state index in [0.29, 0.717) is 49.1 Å². The molecule has 1 aliphatic heterocycles. The number of hydrogen-bond acceptors (Lipinski definition) is 8. The number of carbonyl (C=O) groups excluding carboxylic acids is 2. The lowest BCUT2D eigenvalue weighted by Crippen LogP contribution is -2.53. The Bertz CT molecular complexity index is 1210. The molecule has 1 aromatic carbocycles. The van der Waals surface area contributed by atoms with Gasteiger partial charge >= 0.3 is 6.03 Å². The molecule has 38 heavy (non-hydrogen) atoms. The van der Waals surface area contributed by atoms with E-state index in [1.165, 1.54) is 4.90 Å². The summed E-state index contributed by atoms with van der Waals surface area (Å²) in [6.07, 6.45) is 1.55. The molecule has 11 heteroatoms. The first-order valence-electron chi connectivity index (χ1n) is 12.5. The molecule has 0 radical (unpaired) electrons. The zero-order valence-electron chi connectivity index (χ0n) is 22.2. The molecule has 1 saturated heterocycles. The van der Waals surface area contributed by atoms with Gasteiger partial charge < -0.3 is 33.9 Å². The van der Waals surface area contributed by atoms with E-state index in [1.807, 2.05) is 44.2 Å². The minimum absolute atomic E-state index is 0.0303. The van der Waals surface area contributed by atoms with E-state index >= 15 is 0 Å². The molecule has 1 fully saturated rings. The average molecular weight is 523 g/mol. The lowest BCUT2D eigenvalue weighted by Gasteiger charge is -2.36. The standard InChI is InChI=1S/C27H34N6O5/c1-19(2)28-27(35)33(17-21-6-5-15-38-21)18-26(34)32-13-11-31(12-14-32)25-10-9-23(29-30-25)22-8-7-20(36-3)16-24(22)37-4/h5-10,15-16,19H,11-14,17-18H2,1-4H3,(H,28,35). The lowest BCUT2D eigenvalue weighted by molar-refractivity contribution is -0.132. The maximum atomic E-state index is 13.1. The van der Waals surface area contributed by atoms with Gasteiger partial charge in [-0.25, -0.2) is 4.79 Å². The van der Waals surface area contributed by atoms with Crippen LogP contribution in [-0.4, -0.2) is 84.9 Å². The molecular formula is C27H34N6O5. The predicted octanol–water partition coefficient (Wildman–Crippen LogP) is 3.02. The molecule has 2 aromatic heterocycles. The number of nitrogens with one attached hydrogen (secondary N) is 1. The van der Waals surface area contributed by atoms with Gasteiger partial charge in [-0.1, -0.05) is 0 Å². The van der Waals surface area contributed by atoms with Crippen molar-refractivity contribution in [3.05, 3.63) is 54.5 Å². The largest absolute Gasteiger partial charge is 0.497 e. The van der Waals surface area contributed by atoms with Crippen molar-refractivity contribution in [3.63, 3.8) is 0 Å². The molecule has 3 heterocycles. The highest BCUT2D eigenvalue weighted by Crippen LogP contribution is 2.32. The smallest absolute Gasteiger partial charge is 0.318 e. The van der Waals surface area contributed by atoms with E-state index in [2.05, 4.69) is 20.4 Å². The molecule has 0 atom stereocenters. The SMILES string of the molecule is COc1ccc(-c2ccc(N3CCN(C(=O)CN(Cc4ccco4)C(=O)NC(C)C)CC3)nn2)c(OC)c1. The van der Waals surface area contributed by atoms with Crippen LogP contribution in [0, 0.1) is 0 Å². The van der Waals surface area contributed by atoms with Gasteiger partial charge in [0.05, 0.1) is 32.7 Å². The second-order valence-corrected chi connectivity index (χ2v) is 9.25. The fourth-order valence-corrected chi connectivity index (χ4v) is 4.22. The number of anilines is 1. The molecule has 4 rings (SSSR count). The van der Waals surface area contributed by atoms with Crippen LogP contribution >= 0.6 is 0 Å².